The zero-order valence-corrected chi connectivity index (χ0v) is 17.1. The summed E-state index contributed by atoms with van der Waals surface area (Å²) in [6.45, 7) is 3.79. The van der Waals surface area contributed by atoms with Crippen molar-refractivity contribution < 1.29 is 4.79 Å². The molecule has 2 heterocycles. The fourth-order valence-electron chi connectivity index (χ4n) is 4.33. The highest BCUT2D eigenvalue weighted by molar-refractivity contribution is 5.76. The number of carbonyl (C=O) groups excluding carboxylic acids is 1. The first kappa shape index (κ1) is 19.4. The second-order valence-electron chi connectivity index (χ2n) is 7.91. The summed E-state index contributed by atoms with van der Waals surface area (Å²) in [5.74, 6) is 1.33. The molecule has 1 aliphatic rings. The summed E-state index contributed by atoms with van der Waals surface area (Å²) in [7, 11) is 0. The number of aromatic nitrogens is 2. The molecule has 0 N–H and O–H groups in total. The molecule has 0 atom stereocenters. The van der Waals surface area contributed by atoms with Crippen LogP contribution in [-0.4, -0.2) is 33.4 Å². The van der Waals surface area contributed by atoms with Gasteiger partial charge in [-0.1, -0.05) is 60.7 Å². The van der Waals surface area contributed by atoms with Crippen LogP contribution in [0.15, 0.2) is 66.9 Å². The number of rotatable bonds is 6. The van der Waals surface area contributed by atoms with Gasteiger partial charge in [-0.3, -0.25) is 4.79 Å². The lowest BCUT2D eigenvalue weighted by Gasteiger charge is -2.34. The van der Waals surface area contributed by atoms with Gasteiger partial charge in [0.25, 0.3) is 0 Å². The maximum Gasteiger partial charge on any atom is 0.222 e. The number of likely N-dealkylation sites (tertiary alicyclic amines) is 1. The number of carbonyl (C=O) groups is 1. The molecule has 150 valence electrons. The van der Waals surface area contributed by atoms with Crippen LogP contribution in [0.3, 0.4) is 0 Å². The molecule has 2 aromatic carbocycles. The number of nitrogens with zero attached hydrogens (tertiary/aromatic N) is 3. The van der Waals surface area contributed by atoms with E-state index in [-0.39, 0.29) is 0 Å². The van der Waals surface area contributed by atoms with E-state index in [1.54, 1.807) is 0 Å². The van der Waals surface area contributed by atoms with Gasteiger partial charge in [0.2, 0.25) is 5.91 Å². The van der Waals surface area contributed by atoms with Crippen molar-refractivity contribution in [2.45, 2.75) is 45.1 Å². The van der Waals surface area contributed by atoms with Gasteiger partial charge in [0.15, 0.2) is 0 Å². The summed E-state index contributed by atoms with van der Waals surface area (Å²) >= 11 is 0. The molecular weight excluding hydrogens is 358 g/mol. The number of hydrogen-bond donors (Lipinski definition) is 0. The standard InChI is InChI=1S/C25H29N3O/c1-20-19-26-25(22-12-6-3-7-13-22)28(20)23-15-17-27(18-16-23)24(29)14-8-11-21-9-4-2-5-10-21/h2-7,9-10,12-13,19,23H,8,11,14-18H2,1H3. The highest BCUT2D eigenvalue weighted by Crippen LogP contribution is 2.30. The number of amides is 1. The molecule has 1 aromatic heterocycles. The lowest BCUT2D eigenvalue weighted by atomic mass is 10.0. The first-order chi connectivity index (χ1) is 14.2. The Hall–Kier alpha value is -2.88. The lowest BCUT2D eigenvalue weighted by Crippen LogP contribution is -2.39. The summed E-state index contributed by atoms with van der Waals surface area (Å²) in [4.78, 5) is 19.4. The van der Waals surface area contributed by atoms with Crippen LogP contribution in [0.1, 0.15) is 43.0 Å². The smallest absolute Gasteiger partial charge is 0.222 e. The Morgan fingerprint density at radius 2 is 1.66 bits per heavy atom. The zero-order valence-electron chi connectivity index (χ0n) is 17.1. The van der Waals surface area contributed by atoms with Gasteiger partial charge in [-0.05, 0) is 38.2 Å². The molecule has 0 aliphatic carbocycles. The second-order valence-corrected chi connectivity index (χ2v) is 7.91. The number of piperidine rings is 1. The summed E-state index contributed by atoms with van der Waals surface area (Å²) in [5, 5.41) is 0. The molecule has 0 unspecified atom stereocenters. The van der Waals surface area contributed by atoms with Gasteiger partial charge in [-0.15, -0.1) is 0 Å². The predicted octanol–water partition coefficient (Wildman–Crippen LogP) is 5.04. The van der Waals surface area contributed by atoms with Crippen molar-refractivity contribution in [1.29, 1.82) is 0 Å². The van der Waals surface area contributed by atoms with Crippen LogP contribution in [-0.2, 0) is 11.2 Å². The summed E-state index contributed by atoms with van der Waals surface area (Å²) in [6, 6.07) is 21.2. The van der Waals surface area contributed by atoms with Crippen LogP contribution in [0.25, 0.3) is 11.4 Å². The monoisotopic (exact) mass is 387 g/mol. The molecule has 1 fully saturated rings. The molecule has 0 spiro atoms. The zero-order chi connectivity index (χ0) is 20.1. The third-order valence-corrected chi connectivity index (χ3v) is 5.90. The Kier molecular flexibility index (Phi) is 6.09. The third kappa shape index (κ3) is 4.58. The Balaban J connectivity index is 1.33. The quantitative estimate of drug-likeness (QED) is 0.594. The van der Waals surface area contributed by atoms with E-state index in [1.165, 1.54) is 11.3 Å². The normalized spacial score (nSPS) is 14.9. The van der Waals surface area contributed by atoms with Crippen molar-refractivity contribution in [3.8, 4) is 11.4 Å². The highest BCUT2D eigenvalue weighted by Gasteiger charge is 2.26. The van der Waals surface area contributed by atoms with Crippen LogP contribution >= 0.6 is 0 Å². The molecule has 4 rings (SSSR count). The average molecular weight is 388 g/mol. The van der Waals surface area contributed by atoms with E-state index in [0.717, 1.165) is 50.2 Å². The number of imidazole rings is 1. The van der Waals surface area contributed by atoms with Crippen molar-refractivity contribution in [3.05, 3.63) is 78.1 Å². The molecule has 0 saturated carbocycles. The van der Waals surface area contributed by atoms with Gasteiger partial charge < -0.3 is 9.47 Å². The van der Waals surface area contributed by atoms with Crippen LogP contribution < -0.4 is 0 Å². The predicted molar refractivity (Wildman–Crippen MR) is 117 cm³/mol. The number of aryl methyl sites for hydroxylation is 2. The van der Waals surface area contributed by atoms with E-state index >= 15 is 0 Å². The summed E-state index contributed by atoms with van der Waals surface area (Å²) in [6.07, 6.45) is 6.46. The molecular formula is C25H29N3O. The third-order valence-electron chi connectivity index (χ3n) is 5.90. The van der Waals surface area contributed by atoms with Crippen molar-refractivity contribution in [3.63, 3.8) is 0 Å². The van der Waals surface area contributed by atoms with Crippen LogP contribution in [0.4, 0.5) is 0 Å². The maximum absolute atomic E-state index is 12.6. The molecule has 1 aliphatic heterocycles. The molecule has 1 saturated heterocycles. The first-order valence-corrected chi connectivity index (χ1v) is 10.6. The SMILES string of the molecule is Cc1cnc(-c2ccccc2)n1C1CCN(C(=O)CCCc2ccccc2)CC1. The van der Waals surface area contributed by atoms with Gasteiger partial charge in [0, 0.05) is 43.0 Å². The van der Waals surface area contributed by atoms with Crippen LogP contribution in [0.2, 0.25) is 0 Å². The Labute approximate surface area is 173 Å². The van der Waals surface area contributed by atoms with E-state index in [0.29, 0.717) is 18.4 Å². The minimum Gasteiger partial charge on any atom is -0.343 e. The molecule has 0 radical (unpaired) electrons. The Morgan fingerprint density at radius 1 is 1.00 bits per heavy atom. The van der Waals surface area contributed by atoms with E-state index in [4.69, 9.17) is 0 Å². The number of benzene rings is 2. The summed E-state index contributed by atoms with van der Waals surface area (Å²) in [5.41, 5.74) is 3.65. The van der Waals surface area contributed by atoms with Gasteiger partial charge in [0.05, 0.1) is 0 Å². The van der Waals surface area contributed by atoms with Gasteiger partial charge in [0.1, 0.15) is 5.82 Å². The van der Waals surface area contributed by atoms with E-state index in [9.17, 15) is 4.79 Å². The van der Waals surface area contributed by atoms with E-state index in [1.807, 2.05) is 18.3 Å². The van der Waals surface area contributed by atoms with E-state index < -0.39 is 0 Å². The molecule has 29 heavy (non-hydrogen) atoms. The molecule has 0 bridgehead atoms. The second kappa shape index (κ2) is 9.08. The minimum absolute atomic E-state index is 0.296. The van der Waals surface area contributed by atoms with Crippen molar-refractivity contribution >= 4 is 5.91 Å². The maximum atomic E-state index is 12.6. The number of hydrogen-bond acceptors (Lipinski definition) is 2. The summed E-state index contributed by atoms with van der Waals surface area (Å²) < 4.78 is 2.37. The fraction of sp³-hybridized carbons (Fsp3) is 0.360. The largest absolute Gasteiger partial charge is 0.343 e. The van der Waals surface area contributed by atoms with Crippen molar-refractivity contribution in [2.24, 2.45) is 0 Å². The molecule has 3 aromatic rings. The molecule has 4 heteroatoms. The van der Waals surface area contributed by atoms with Gasteiger partial charge >= 0.3 is 0 Å². The first-order valence-electron chi connectivity index (χ1n) is 10.6. The topological polar surface area (TPSA) is 38.1 Å². The van der Waals surface area contributed by atoms with Crippen LogP contribution in [0, 0.1) is 6.92 Å². The average Bonchev–Trinajstić information content (AvgIpc) is 3.16. The Morgan fingerprint density at radius 3 is 2.34 bits per heavy atom. The van der Waals surface area contributed by atoms with Crippen LogP contribution in [0.5, 0.6) is 0 Å². The van der Waals surface area contributed by atoms with E-state index in [2.05, 4.69) is 69.9 Å². The van der Waals surface area contributed by atoms with Gasteiger partial charge in [-0.25, -0.2) is 4.98 Å². The Bertz CT molecular complexity index is 925. The minimum atomic E-state index is 0.296. The van der Waals surface area contributed by atoms with Gasteiger partial charge in [-0.2, -0.15) is 0 Å². The van der Waals surface area contributed by atoms with Crippen molar-refractivity contribution in [1.82, 2.24) is 14.5 Å². The highest BCUT2D eigenvalue weighted by atomic mass is 16.2. The van der Waals surface area contributed by atoms with Crippen molar-refractivity contribution in [2.75, 3.05) is 13.1 Å². The lowest BCUT2D eigenvalue weighted by molar-refractivity contribution is -0.132. The fourth-order valence-corrected chi connectivity index (χ4v) is 4.33. The molecule has 4 nitrogen and oxygen atoms in total. The molecule has 1 amide bonds.